The predicted octanol–water partition coefficient (Wildman–Crippen LogP) is 8.63. The number of hydrogen-bond acceptors (Lipinski definition) is 2. The van der Waals surface area contributed by atoms with Crippen molar-refractivity contribution in [2.75, 3.05) is 0 Å². The number of hydrogen-bond donors (Lipinski definition) is 2. The largest absolute Gasteiger partial charge is 0.405 e. The molecule has 0 spiro atoms. The van der Waals surface area contributed by atoms with Crippen molar-refractivity contribution in [2.45, 2.75) is 74.1 Å². The van der Waals surface area contributed by atoms with Gasteiger partial charge in [-0.25, -0.2) is 0 Å². The van der Waals surface area contributed by atoms with Gasteiger partial charge in [0.2, 0.25) is 0 Å². The highest BCUT2D eigenvalue weighted by molar-refractivity contribution is 5.67. The molecule has 2 nitrogen and oxygen atoms in total. The Morgan fingerprint density at radius 3 is 2.09 bits per heavy atom. The predicted molar refractivity (Wildman–Crippen MR) is 148 cm³/mol. The van der Waals surface area contributed by atoms with Crippen LogP contribution >= 0.6 is 0 Å². The van der Waals surface area contributed by atoms with Crippen LogP contribution in [0.15, 0.2) is 91.2 Å². The van der Waals surface area contributed by atoms with Crippen molar-refractivity contribution in [2.24, 2.45) is 16.9 Å². The first-order chi connectivity index (χ1) is 15.2. The summed E-state index contributed by atoms with van der Waals surface area (Å²) in [7, 11) is 0. The number of aryl methyl sites for hydroxylation is 1. The van der Waals surface area contributed by atoms with Crippen LogP contribution in [0.5, 0.6) is 0 Å². The molecule has 1 aromatic carbocycles. The van der Waals surface area contributed by atoms with Gasteiger partial charge in [-0.15, -0.1) is 0 Å². The van der Waals surface area contributed by atoms with Crippen LogP contribution in [0.1, 0.15) is 78.4 Å². The van der Waals surface area contributed by atoms with E-state index in [-0.39, 0.29) is 0 Å². The highest BCUT2D eigenvalue weighted by Crippen LogP contribution is 2.26. The van der Waals surface area contributed by atoms with Gasteiger partial charge in [0.1, 0.15) is 0 Å². The molecule has 1 aromatic rings. The molecule has 0 aliphatic carbocycles. The number of benzene rings is 1. The number of nitrogens with two attached hydrogens (primary N) is 2. The SMILES string of the molecule is C=C/C=C/C=C/N.CC/C=C(C)\C=C(/N)c1ccccc1C.CCC=CC(C)(CC)CC. The van der Waals surface area contributed by atoms with Crippen LogP contribution in [0.4, 0.5) is 0 Å². The Morgan fingerprint density at radius 1 is 1.00 bits per heavy atom. The Bertz CT molecular complexity index is 757. The average molecular weight is 437 g/mol. The first kappa shape index (κ1) is 31.4. The molecule has 0 bridgehead atoms. The van der Waals surface area contributed by atoms with Gasteiger partial charge in [0.15, 0.2) is 0 Å². The van der Waals surface area contributed by atoms with Crippen molar-refractivity contribution in [1.82, 2.24) is 0 Å². The fourth-order valence-electron chi connectivity index (χ4n) is 2.70. The lowest BCUT2D eigenvalue weighted by Crippen LogP contribution is -2.08. The van der Waals surface area contributed by atoms with E-state index in [1.807, 2.05) is 30.4 Å². The maximum atomic E-state index is 6.05. The maximum Gasteiger partial charge on any atom is 0.0392 e. The third kappa shape index (κ3) is 16.0. The van der Waals surface area contributed by atoms with Crippen LogP contribution in [0.3, 0.4) is 0 Å². The second-order valence-electron chi connectivity index (χ2n) is 7.95. The van der Waals surface area contributed by atoms with E-state index in [0.717, 1.165) is 24.1 Å². The summed E-state index contributed by atoms with van der Waals surface area (Å²) in [4.78, 5) is 0. The monoisotopic (exact) mass is 436 g/mol. The van der Waals surface area contributed by atoms with Crippen LogP contribution in [0.25, 0.3) is 5.70 Å². The van der Waals surface area contributed by atoms with Crippen LogP contribution in [-0.2, 0) is 0 Å². The van der Waals surface area contributed by atoms with Crippen LogP contribution in [0, 0.1) is 12.3 Å². The molecule has 0 unspecified atom stereocenters. The molecule has 0 aromatic heterocycles. The van der Waals surface area contributed by atoms with Gasteiger partial charge in [-0.05, 0) is 68.9 Å². The van der Waals surface area contributed by atoms with E-state index in [4.69, 9.17) is 11.5 Å². The molecule has 1 rings (SSSR count). The normalized spacial score (nSPS) is 12.5. The Kier molecular flexibility index (Phi) is 19.8. The van der Waals surface area contributed by atoms with Crippen molar-refractivity contribution in [1.29, 1.82) is 0 Å². The summed E-state index contributed by atoms with van der Waals surface area (Å²) in [6, 6.07) is 8.18. The van der Waals surface area contributed by atoms with E-state index in [1.165, 1.54) is 30.2 Å². The highest BCUT2D eigenvalue weighted by Gasteiger charge is 2.13. The smallest absolute Gasteiger partial charge is 0.0392 e. The van der Waals surface area contributed by atoms with E-state index < -0.39 is 0 Å². The second-order valence-corrected chi connectivity index (χ2v) is 7.95. The van der Waals surface area contributed by atoms with Gasteiger partial charge in [0.05, 0.1) is 0 Å². The molecule has 178 valence electrons. The fourth-order valence-corrected chi connectivity index (χ4v) is 2.70. The summed E-state index contributed by atoms with van der Waals surface area (Å²) >= 11 is 0. The fraction of sp³-hybridized carbons (Fsp3) is 0.400. The first-order valence-electron chi connectivity index (χ1n) is 11.8. The van der Waals surface area contributed by atoms with E-state index in [2.05, 4.69) is 85.4 Å². The highest BCUT2D eigenvalue weighted by atomic mass is 14.6. The summed E-state index contributed by atoms with van der Waals surface area (Å²) in [5, 5.41) is 0. The zero-order valence-corrected chi connectivity index (χ0v) is 21.7. The van der Waals surface area contributed by atoms with Crippen molar-refractivity contribution in [3.63, 3.8) is 0 Å². The average Bonchev–Trinajstić information content (AvgIpc) is 2.79. The molecular formula is C30H48N2. The van der Waals surface area contributed by atoms with Gasteiger partial charge in [-0.3, -0.25) is 0 Å². The molecular weight excluding hydrogens is 388 g/mol. The summed E-state index contributed by atoms with van der Waals surface area (Å²) in [5.41, 5.74) is 15.9. The number of allylic oxidation sites excluding steroid dienone is 9. The van der Waals surface area contributed by atoms with Gasteiger partial charge in [-0.2, -0.15) is 0 Å². The quantitative estimate of drug-likeness (QED) is 0.300. The minimum atomic E-state index is 0.454. The standard InChI is InChI=1S/C14H19N.C10H20.C6H9N/c1-4-7-11(2)10-14(15)13-9-6-5-8-12(13)3;1-5-8-9-10(4,6-2)7-3;1-2-3-4-5-6-7/h5-10H,4,15H2,1-3H3;8-9H,5-7H2,1-4H3;2-6H,1,7H2/b11-7-,14-10-;;4-3+,6-5+. The minimum Gasteiger partial charge on any atom is -0.405 e. The second kappa shape index (κ2) is 20.2. The third-order valence-electron chi connectivity index (χ3n) is 5.21. The molecule has 4 N–H and O–H groups in total. The zero-order chi connectivity index (χ0) is 24.8. The molecule has 0 aliphatic rings. The molecule has 0 amide bonds. The Labute approximate surface area is 199 Å². The van der Waals surface area contributed by atoms with Crippen molar-refractivity contribution >= 4 is 5.70 Å². The van der Waals surface area contributed by atoms with E-state index in [0.29, 0.717) is 5.41 Å². The zero-order valence-electron chi connectivity index (χ0n) is 21.7. The summed E-state index contributed by atoms with van der Waals surface area (Å²) in [6.45, 7) is 18.8. The maximum absolute atomic E-state index is 6.05. The third-order valence-corrected chi connectivity index (χ3v) is 5.21. The van der Waals surface area contributed by atoms with Gasteiger partial charge in [0, 0.05) is 11.3 Å². The molecule has 0 aliphatic heterocycles. The molecule has 32 heavy (non-hydrogen) atoms. The molecule has 2 heteroatoms. The molecule has 0 atom stereocenters. The lowest BCUT2D eigenvalue weighted by Gasteiger charge is -2.21. The van der Waals surface area contributed by atoms with Gasteiger partial charge in [0.25, 0.3) is 0 Å². The molecule has 0 radical (unpaired) electrons. The van der Waals surface area contributed by atoms with Crippen molar-refractivity contribution < 1.29 is 0 Å². The van der Waals surface area contributed by atoms with Crippen molar-refractivity contribution in [3.8, 4) is 0 Å². The summed E-state index contributed by atoms with van der Waals surface area (Å²) < 4.78 is 0. The van der Waals surface area contributed by atoms with E-state index >= 15 is 0 Å². The minimum absolute atomic E-state index is 0.454. The van der Waals surface area contributed by atoms with Gasteiger partial charge >= 0.3 is 0 Å². The van der Waals surface area contributed by atoms with Gasteiger partial charge < -0.3 is 11.5 Å². The summed E-state index contributed by atoms with van der Waals surface area (Å²) in [6.07, 6.45) is 22.1. The Balaban J connectivity index is 0. The van der Waals surface area contributed by atoms with Crippen LogP contribution in [0.2, 0.25) is 0 Å². The van der Waals surface area contributed by atoms with E-state index in [1.54, 1.807) is 12.2 Å². The molecule has 0 saturated heterocycles. The lowest BCUT2D eigenvalue weighted by atomic mass is 9.84. The Hall–Kier alpha value is -2.74. The first-order valence-corrected chi connectivity index (χ1v) is 11.8. The van der Waals surface area contributed by atoms with Crippen molar-refractivity contribution in [3.05, 3.63) is 102 Å². The van der Waals surface area contributed by atoms with Crippen LogP contribution < -0.4 is 11.5 Å². The number of rotatable bonds is 9. The summed E-state index contributed by atoms with van der Waals surface area (Å²) in [5.74, 6) is 0. The van der Waals surface area contributed by atoms with E-state index in [9.17, 15) is 0 Å². The molecule has 0 heterocycles. The molecule has 0 fully saturated rings. The Morgan fingerprint density at radius 2 is 1.62 bits per heavy atom. The lowest BCUT2D eigenvalue weighted by molar-refractivity contribution is 0.395. The van der Waals surface area contributed by atoms with Crippen LogP contribution in [-0.4, -0.2) is 0 Å². The molecule has 0 saturated carbocycles. The van der Waals surface area contributed by atoms with Gasteiger partial charge in [-0.1, -0.05) is 107 Å². The topological polar surface area (TPSA) is 52.0 Å².